The van der Waals surface area contributed by atoms with Crippen LogP contribution in [0.15, 0.2) is 18.2 Å². The molecule has 14 heavy (non-hydrogen) atoms. The fourth-order valence-corrected chi connectivity index (χ4v) is 2.03. The first kappa shape index (κ1) is 11.8. The molecule has 0 spiro atoms. The van der Waals surface area contributed by atoms with Crippen LogP contribution in [-0.4, -0.2) is 11.7 Å². The molecule has 78 valence electrons. The summed E-state index contributed by atoms with van der Waals surface area (Å²) in [4.78, 5) is 0. The molecule has 0 heterocycles. The van der Waals surface area contributed by atoms with Gasteiger partial charge in [0.15, 0.2) is 0 Å². The van der Waals surface area contributed by atoms with Gasteiger partial charge in [-0.1, -0.05) is 37.0 Å². The van der Waals surface area contributed by atoms with Crippen molar-refractivity contribution in [2.75, 3.05) is 6.61 Å². The van der Waals surface area contributed by atoms with E-state index in [-0.39, 0.29) is 12.5 Å². The molecule has 1 N–H and O–H groups in total. The lowest BCUT2D eigenvalue weighted by molar-refractivity contribution is 0.237. The van der Waals surface area contributed by atoms with E-state index in [0.29, 0.717) is 16.0 Å². The van der Waals surface area contributed by atoms with Crippen molar-refractivity contribution in [2.45, 2.75) is 19.8 Å². The van der Waals surface area contributed by atoms with Crippen molar-refractivity contribution >= 4 is 23.2 Å². The molecule has 0 saturated carbocycles. The van der Waals surface area contributed by atoms with Gasteiger partial charge >= 0.3 is 0 Å². The highest BCUT2D eigenvalue weighted by Gasteiger charge is 2.15. The summed E-state index contributed by atoms with van der Waals surface area (Å²) in [7, 11) is 0. The van der Waals surface area contributed by atoms with Gasteiger partial charge in [0.1, 0.15) is 0 Å². The predicted molar refractivity (Wildman–Crippen MR) is 61.1 cm³/mol. The summed E-state index contributed by atoms with van der Waals surface area (Å²) in [6.45, 7) is 4.25. The molecule has 0 radical (unpaired) electrons. The van der Waals surface area contributed by atoms with Gasteiger partial charge in [0.2, 0.25) is 0 Å². The molecule has 3 heteroatoms. The van der Waals surface area contributed by atoms with Gasteiger partial charge < -0.3 is 5.11 Å². The molecule has 1 aromatic rings. The Morgan fingerprint density at radius 1 is 1.14 bits per heavy atom. The molecule has 0 aliphatic heterocycles. The molecule has 0 bridgehead atoms. The maximum absolute atomic E-state index is 9.25. The van der Waals surface area contributed by atoms with Crippen molar-refractivity contribution in [1.82, 2.24) is 0 Å². The molecule has 1 atom stereocenters. The Bertz CT molecular complexity index is 290. The Kier molecular flexibility index (Phi) is 4.24. The van der Waals surface area contributed by atoms with Gasteiger partial charge in [-0.05, 0) is 29.7 Å². The lowest BCUT2D eigenvalue weighted by Crippen LogP contribution is -2.11. The zero-order valence-corrected chi connectivity index (χ0v) is 9.81. The van der Waals surface area contributed by atoms with Crippen molar-refractivity contribution in [1.29, 1.82) is 0 Å². The standard InChI is InChI=1S/C11H14Cl2O/c1-7(2)11(6-14)8-3-9(12)5-10(13)4-8/h3-5,7,11,14H,6H2,1-2H3/t11-/m0/s1. The van der Waals surface area contributed by atoms with E-state index in [4.69, 9.17) is 23.2 Å². The number of halogens is 2. The topological polar surface area (TPSA) is 20.2 Å². The number of rotatable bonds is 3. The van der Waals surface area contributed by atoms with Crippen molar-refractivity contribution in [3.63, 3.8) is 0 Å². The van der Waals surface area contributed by atoms with E-state index >= 15 is 0 Å². The Hall–Kier alpha value is -0.240. The van der Waals surface area contributed by atoms with Gasteiger partial charge in [-0.3, -0.25) is 0 Å². The molecule has 1 nitrogen and oxygen atoms in total. The van der Waals surface area contributed by atoms with Gasteiger partial charge in [-0.15, -0.1) is 0 Å². The first-order valence-electron chi connectivity index (χ1n) is 4.61. The first-order valence-corrected chi connectivity index (χ1v) is 5.37. The van der Waals surface area contributed by atoms with Gasteiger partial charge in [0, 0.05) is 16.0 Å². The zero-order chi connectivity index (χ0) is 10.7. The lowest BCUT2D eigenvalue weighted by Gasteiger charge is -2.19. The van der Waals surface area contributed by atoms with Crippen LogP contribution in [0.3, 0.4) is 0 Å². The Morgan fingerprint density at radius 2 is 1.64 bits per heavy atom. The van der Waals surface area contributed by atoms with Crippen LogP contribution in [0.5, 0.6) is 0 Å². The Morgan fingerprint density at radius 3 is 2.00 bits per heavy atom. The molecule has 0 aliphatic carbocycles. The maximum Gasteiger partial charge on any atom is 0.0502 e. The lowest BCUT2D eigenvalue weighted by atomic mass is 9.89. The van der Waals surface area contributed by atoms with Crippen molar-refractivity contribution < 1.29 is 5.11 Å². The number of benzene rings is 1. The molecular formula is C11H14Cl2O. The molecule has 1 aromatic carbocycles. The van der Waals surface area contributed by atoms with Crippen LogP contribution in [0.1, 0.15) is 25.3 Å². The van der Waals surface area contributed by atoms with Gasteiger partial charge in [0.25, 0.3) is 0 Å². The van der Waals surface area contributed by atoms with Gasteiger partial charge in [0.05, 0.1) is 6.61 Å². The first-order chi connectivity index (χ1) is 6.54. The summed E-state index contributed by atoms with van der Waals surface area (Å²) in [5.41, 5.74) is 1.00. The monoisotopic (exact) mass is 232 g/mol. The fourth-order valence-electron chi connectivity index (χ4n) is 1.49. The largest absolute Gasteiger partial charge is 0.396 e. The number of aliphatic hydroxyl groups is 1. The average molecular weight is 233 g/mol. The minimum absolute atomic E-state index is 0.103. The number of aliphatic hydroxyl groups excluding tert-OH is 1. The predicted octanol–water partition coefficient (Wildman–Crippen LogP) is 3.73. The molecule has 0 unspecified atom stereocenters. The van der Waals surface area contributed by atoms with E-state index in [9.17, 15) is 5.11 Å². The van der Waals surface area contributed by atoms with E-state index in [0.717, 1.165) is 5.56 Å². The Balaban J connectivity index is 3.04. The van der Waals surface area contributed by atoms with E-state index in [1.54, 1.807) is 6.07 Å². The number of hydrogen-bond donors (Lipinski definition) is 1. The van der Waals surface area contributed by atoms with Crippen LogP contribution in [-0.2, 0) is 0 Å². The third-order valence-electron chi connectivity index (χ3n) is 2.31. The normalized spacial score (nSPS) is 13.3. The maximum atomic E-state index is 9.25. The highest BCUT2D eigenvalue weighted by molar-refractivity contribution is 6.34. The summed E-state index contributed by atoms with van der Waals surface area (Å²) in [6, 6.07) is 5.41. The highest BCUT2D eigenvalue weighted by Crippen LogP contribution is 2.28. The van der Waals surface area contributed by atoms with E-state index < -0.39 is 0 Å². The summed E-state index contributed by atoms with van der Waals surface area (Å²) in [5, 5.41) is 10.5. The smallest absolute Gasteiger partial charge is 0.0502 e. The molecule has 0 saturated heterocycles. The molecule has 1 rings (SSSR count). The minimum Gasteiger partial charge on any atom is -0.396 e. The van der Waals surface area contributed by atoms with E-state index in [1.807, 2.05) is 12.1 Å². The van der Waals surface area contributed by atoms with Crippen LogP contribution in [0.4, 0.5) is 0 Å². The van der Waals surface area contributed by atoms with E-state index in [1.165, 1.54) is 0 Å². The highest BCUT2D eigenvalue weighted by atomic mass is 35.5. The molecule has 0 amide bonds. The quantitative estimate of drug-likeness (QED) is 0.843. The second-order valence-corrected chi connectivity index (χ2v) is 4.61. The fraction of sp³-hybridized carbons (Fsp3) is 0.455. The van der Waals surface area contributed by atoms with E-state index in [2.05, 4.69) is 13.8 Å². The summed E-state index contributed by atoms with van der Waals surface area (Å²) < 4.78 is 0. The average Bonchev–Trinajstić information content (AvgIpc) is 2.02. The van der Waals surface area contributed by atoms with Gasteiger partial charge in [-0.2, -0.15) is 0 Å². The SMILES string of the molecule is CC(C)[C@H](CO)c1cc(Cl)cc(Cl)c1. The second kappa shape index (κ2) is 5.01. The minimum atomic E-state index is 0.103. The summed E-state index contributed by atoms with van der Waals surface area (Å²) in [5.74, 6) is 0.473. The van der Waals surface area contributed by atoms with Crippen LogP contribution in [0, 0.1) is 5.92 Å². The Labute approximate surface area is 94.7 Å². The van der Waals surface area contributed by atoms with Crippen molar-refractivity contribution in [3.8, 4) is 0 Å². The molecule has 0 fully saturated rings. The molecule has 0 aliphatic rings. The molecule has 0 aromatic heterocycles. The van der Waals surface area contributed by atoms with Gasteiger partial charge in [-0.25, -0.2) is 0 Å². The van der Waals surface area contributed by atoms with Crippen molar-refractivity contribution in [2.24, 2.45) is 5.92 Å². The summed E-state index contributed by atoms with van der Waals surface area (Å²) in [6.07, 6.45) is 0. The third-order valence-corrected chi connectivity index (χ3v) is 2.75. The zero-order valence-electron chi connectivity index (χ0n) is 8.30. The van der Waals surface area contributed by atoms with Crippen LogP contribution >= 0.6 is 23.2 Å². The van der Waals surface area contributed by atoms with Crippen LogP contribution < -0.4 is 0 Å². The second-order valence-electron chi connectivity index (χ2n) is 3.74. The number of hydrogen-bond acceptors (Lipinski definition) is 1. The van der Waals surface area contributed by atoms with Crippen molar-refractivity contribution in [3.05, 3.63) is 33.8 Å². The third kappa shape index (κ3) is 2.88. The van der Waals surface area contributed by atoms with Crippen LogP contribution in [0.2, 0.25) is 10.0 Å². The summed E-state index contributed by atoms with van der Waals surface area (Å²) >= 11 is 11.8. The molecular weight excluding hydrogens is 219 g/mol. The van der Waals surface area contributed by atoms with Crippen LogP contribution in [0.25, 0.3) is 0 Å².